The van der Waals surface area contributed by atoms with Crippen molar-refractivity contribution in [2.75, 3.05) is 26.2 Å². The highest BCUT2D eigenvalue weighted by Gasteiger charge is 2.22. The molecule has 124 valence electrons. The molecule has 2 aromatic heterocycles. The highest BCUT2D eigenvalue weighted by atomic mass is 16.3. The van der Waals surface area contributed by atoms with E-state index in [0.717, 1.165) is 38.5 Å². The standard InChI is InChI=1S/C16H23N5O2/c1-14(12-21-6-3-5-17-21)18-16(22)20-9-7-19(8-10-20)13-15-4-2-11-23-15/h2-6,11,14H,7-10,12-13H2,1H3,(H,18,22)/t14-/m0/s1. The molecule has 23 heavy (non-hydrogen) atoms. The SMILES string of the molecule is C[C@@H](Cn1cccn1)NC(=O)N1CCN(Cc2ccco2)CC1. The van der Waals surface area contributed by atoms with Crippen LogP contribution in [0.25, 0.3) is 0 Å². The highest BCUT2D eigenvalue weighted by Crippen LogP contribution is 2.09. The van der Waals surface area contributed by atoms with E-state index in [1.807, 2.05) is 40.9 Å². The summed E-state index contributed by atoms with van der Waals surface area (Å²) in [5, 5.41) is 7.19. The maximum absolute atomic E-state index is 12.3. The minimum atomic E-state index is 0.00213. The molecule has 1 aliphatic rings. The van der Waals surface area contributed by atoms with Gasteiger partial charge in [0.25, 0.3) is 0 Å². The van der Waals surface area contributed by atoms with Crippen molar-refractivity contribution in [3.63, 3.8) is 0 Å². The molecule has 0 aliphatic carbocycles. The summed E-state index contributed by atoms with van der Waals surface area (Å²) in [6.45, 7) is 6.67. The molecular formula is C16H23N5O2. The monoisotopic (exact) mass is 317 g/mol. The number of hydrogen-bond acceptors (Lipinski definition) is 4. The number of amides is 2. The molecule has 1 atom stereocenters. The van der Waals surface area contributed by atoms with Crippen LogP contribution in [0.4, 0.5) is 4.79 Å². The van der Waals surface area contributed by atoms with Gasteiger partial charge in [0.05, 0.1) is 19.4 Å². The molecule has 0 bridgehead atoms. The smallest absolute Gasteiger partial charge is 0.317 e. The topological polar surface area (TPSA) is 66.5 Å². The Kier molecular flexibility index (Phi) is 4.97. The van der Waals surface area contributed by atoms with Gasteiger partial charge in [0.2, 0.25) is 0 Å². The van der Waals surface area contributed by atoms with Crippen molar-refractivity contribution in [2.24, 2.45) is 0 Å². The second-order valence-electron chi connectivity index (χ2n) is 5.92. The third-order valence-electron chi connectivity index (χ3n) is 4.01. The third kappa shape index (κ3) is 4.35. The van der Waals surface area contributed by atoms with Gasteiger partial charge >= 0.3 is 6.03 Å². The van der Waals surface area contributed by atoms with Gasteiger partial charge in [-0.25, -0.2) is 4.79 Å². The van der Waals surface area contributed by atoms with Gasteiger partial charge in [-0.15, -0.1) is 0 Å². The fourth-order valence-corrected chi connectivity index (χ4v) is 2.77. The quantitative estimate of drug-likeness (QED) is 0.905. The average Bonchev–Trinajstić information content (AvgIpc) is 3.21. The van der Waals surface area contributed by atoms with Crippen molar-refractivity contribution >= 4 is 6.03 Å². The first-order valence-electron chi connectivity index (χ1n) is 7.98. The van der Waals surface area contributed by atoms with Crippen LogP contribution in [0.2, 0.25) is 0 Å². The Bertz CT molecular complexity index is 588. The first kappa shape index (κ1) is 15.6. The lowest BCUT2D eigenvalue weighted by molar-refractivity contribution is 0.128. The molecule has 0 unspecified atom stereocenters. The van der Waals surface area contributed by atoms with E-state index in [2.05, 4.69) is 15.3 Å². The predicted molar refractivity (Wildman–Crippen MR) is 85.8 cm³/mol. The Morgan fingerprint density at radius 2 is 2.17 bits per heavy atom. The predicted octanol–water partition coefficient (Wildman–Crippen LogP) is 1.39. The summed E-state index contributed by atoms with van der Waals surface area (Å²) in [4.78, 5) is 16.5. The molecule has 0 radical (unpaired) electrons. The molecule has 1 fully saturated rings. The Balaban J connectivity index is 1.41. The Morgan fingerprint density at radius 1 is 1.35 bits per heavy atom. The summed E-state index contributed by atoms with van der Waals surface area (Å²) in [6.07, 6.45) is 5.34. The summed E-state index contributed by atoms with van der Waals surface area (Å²) < 4.78 is 7.20. The normalized spacial score (nSPS) is 17.2. The number of carbonyl (C=O) groups is 1. The second kappa shape index (κ2) is 7.32. The molecular weight excluding hydrogens is 294 g/mol. The van der Waals surface area contributed by atoms with Crippen LogP contribution in [0.15, 0.2) is 41.3 Å². The molecule has 7 nitrogen and oxygen atoms in total. The van der Waals surface area contributed by atoms with Crippen LogP contribution < -0.4 is 5.32 Å². The van der Waals surface area contributed by atoms with Crippen LogP contribution in [0.1, 0.15) is 12.7 Å². The third-order valence-corrected chi connectivity index (χ3v) is 4.01. The van der Waals surface area contributed by atoms with Gasteiger partial charge in [-0.3, -0.25) is 9.58 Å². The Labute approximate surface area is 135 Å². The molecule has 3 heterocycles. The first-order valence-corrected chi connectivity index (χ1v) is 7.98. The van der Waals surface area contributed by atoms with Crippen LogP contribution in [0, 0.1) is 0 Å². The number of nitrogens with zero attached hydrogens (tertiary/aromatic N) is 4. The fraction of sp³-hybridized carbons (Fsp3) is 0.500. The van der Waals surface area contributed by atoms with E-state index >= 15 is 0 Å². The molecule has 0 aromatic carbocycles. The van der Waals surface area contributed by atoms with Crippen LogP contribution >= 0.6 is 0 Å². The summed E-state index contributed by atoms with van der Waals surface area (Å²) in [5.74, 6) is 0.968. The fourth-order valence-electron chi connectivity index (χ4n) is 2.77. The minimum Gasteiger partial charge on any atom is -0.468 e. The molecule has 0 spiro atoms. The van der Waals surface area contributed by atoms with Crippen LogP contribution in [-0.4, -0.2) is 57.8 Å². The molecule has 2 amide bonds. The summed E-state index contributed by atoms with van der Waals surface area (Å²) in [6, 6.07) is 5.81. The van der Waals surface area contributed by atoms with Gasteiger partial charge < -0.3 is 14.6 Å². The number of urea groups is 1. The number of aromatic nitrogens is 2. The van der Waals surface area contributed by atoms with E-state index in [4.69, 9.17) is 4.42 Å². The number of piperazine rings is 1. The van der Waals surface area contributed by atoms with Gasteiger partial charge in [-0.2, -0.15) is 5.10 Å². The van der Waals surface area contributed by atoms with Gasteiger partial charge in [-0.1, -0.05) is 0 Å². The van der Waals surface area contributed by atoms with E-state index in [1.165, 1.54) is 0 Å². The summed E-state index contributed by atoms with van der Waals surface area (Å²) in [7, 11) is 0. The number of hydrogen-bond donors (Lipinski definition) is 1. The largest absolute Gasteiger partial charge is 0.468 e. The number of rotatable bonds is 5. The Morgan fingerprint density at radius 3 is 2.83 bits per heavy atom. The minimum absolute atomic E-state index is 0.00213. The molecule has 1 aliphatic heterocycles. The van der Waals surface area contributed by atoms with E-state index in [0.29, 0.717) is 6.54 Å². The zero-order chi connectivity index (χ0) is 16.1. The molecule has 0 saturated carbocycles. The van der Waals surface area contributed by atoms with Gasteiger partial charge in [0.1, 0.15) is 5.76 Å². The van der Waals surface area contributed by atoms with Crippen molar-refractivity contribution in [3.8, 4) is 0 Å². The lowest BCUT2D eigenvalue weighted by Gasteiger charge is -2.34. The number of nitrogens with one attached hydrogen (secondary N) is 1. The second-order valence-corrected chi connectivity index (χ2v) is 5.92. The van der Waals surface area contributed by atoms with Crippen LogP contribution in [0.3, 0.4) is 0 Å². The van der Waals surface area contributed by atoms with Crippen LogP contribution in [-0.2, 0) is 13.1 Å². The number of furan rings is 1. The van der Waals surface area contributed by atoms with Gasteiger partial charge in [-0.05, 0) is 25.1 Å². The van der Waals surface area contributed by atoms with E-state index in [-0.39, 0.29) is 12.1 Å². The maximum atomic E-state index is 12.3. The summed E-state index contributed by atoms with van der Waals surface area (Å²) >= 11 is 0. The van der Waals surface area contributed by atoms with Crippen molar-refractivity contribution in [3.05, 3.63) is 42.6 Å². The molecule has 7 heteroatoms. The van der Waals surface area contributed by atoms with Gasteiger partial charge in [0, 0.05) is 44.6 Å². The maximum Gasteiger partial charge on any atom is 0.317 e. The lowest BCUT2D eigenvalue weighted by Crippen LogP contribution is -2.53. The van der Waals surface area contributed by atoms with E-state index < -0.39 is 0 Å². The zero-order valence-corrected chi connectivity index (χ0v) is 13.4. The lowest BCUT2D eigenvalue weighted by atomic mass is 10.3. The van der Waals surface area contributed by atoms with Crippen molar-refractivity contribution < 1.29 is 9.21 Å². The first-order chi connectivity index (χ1) is 11.2. The average molecular weight is 317 g/mol. The van der Waals surface area contributed by atoms with E-state index in [1.54, 1.807) is 12.5 Å². The van der Waals surface area contributed by atoms with Crippen molar-refractivity contribution in [2.45, 2.75) is 26.1 Å². The van der Waals surface area contributed by atoms with Crippen molar-refractivity contribution in [1.82, 2.24) is 24.9 Å². The van der Waals surface area contributed by atoms with Crippen molar-refractivity contribution in [1.29, 1.82) is 0 Å². The van der Waals surface area contributed by atoms with Crippen LogP contribution in [0.5, 0.6) is 0 Å². The Hall–Kier alpha value is -2.28. The molecule has 3 rings (SSSR count). The van der Waals surface area contributed by atoms with E-state index in [9.17, 15) is 4.79 Å². The highest BCUT2D eigenvalue weighted by molar-refractivity contribution is 5.74. The zero-order valence-electron chi connectivity index (χ0n) is 13.4. The molecule has 1 N–H and O–H groups in total. The van der Waals surface area contributed by atoms with Gasteiger partial charge in [0.15, 0.2) is 0 Å². The molecule has 1 saturated heterocycles. The number of carbonyl (C=O) groups excluding carboxylic acids is 1. The summed E-state index contributed by atoms with van der Waals surface area (Å²) in [5.41, 5.74) is 0. The molecule has 2 aromatic rings.